The van der Waals surface area contributed by atoms with Crippen molar-refractivity contribution in [1.82, 2.24) is 0 Å². The molecule has 0 atom stereocenters. The molecule has 1 saturated carbocycles. The van der Waals surface area contributed by atoms with Gasteiger partial charge in [0.05, 0.1) is 5.71 Å². The SMILES string of the molecule is CC(=N)N1C(=N)C2(CC2)N=C(c2ccc(Cl)cc2)c2c1sc(C)c2C. The Hall–Kier alpha value is -1.98. The molecule has 25 heavy (non-hydrogen) atoms. The fourth-order valence-electron chi connectivity index (χ4n) is 3.28. The Morgan fingerprint density at radius 3 is 2.44 bits per heavy atom. The largest absolute Gasteiger partial charge is 0.288 e. The van der Waals surface area contributed by atoms with E-state index in [-0.39, 0.29) is 0 Å². The zero-order chi connectivity index (χ0) is 17.9. The van der Waals surface area contributed by atoms with E-state index in [1.54, 1.807) is 23.2 Å². The van der Waals surface area contributed by atoms with E-state index in [9.17, 15) is 0 Å². The van der Waals surface area contributed by atoms with E-state index in [1.807, 2.05) is 24.3 Å². The van der Waals surface area contributed by atoms with Gasteiger partial charge in [-0.15, -0.1) is 11.3 Å². The molecule has 128 valence electrons. The molecule has 1 aliphatic heterocycles. The maximum atomic E-state index is 8.74. The molecule has 1 spiro atoms. The Morgan fingerprint density at radius 1 is 1.24 bits per heavy atom. The summed E-state index contributed by atoms with van der Waals surface area (Å²) in [6.45, 7) is 5.93. The van der Waals surface area contributed by atoms with Crippen molar-refractivity contribution in [2.24, 2.45) is 4.99 Å². The van der Waals surface area contributed by atoms with E-state index in [0.717, 1.165) is 34.7 Å². The lowest BCUT2D eigenvalue weighted by atomic mass is 10.00. The second-order valence-electron chi connectivity index (χ2n) is 6.73. The highest BCUT2D eigenvalue weighted by Crippen LogP contribution is 2.49. The molecule has 2 heterocycles. The molecule has 6 heteroatoms. The number of benzene rings is 1. The van der Waals surface area contributed by atoms with Crippen LogP contribution in [0.5, 0.6) is 0 Å². The van der Waals surface area contributed by atoms with Crippen LogP contribution in [-0.2, 0) is 0 Å². The third kappa shape index (κ3) is 2.45. The van der Waals surface area contributed by atoms with E-state index < -0.39 is 5.54 Å². The molecular weight excluding hydrogens is 352 g/mol. The molecule has 1 aromatic carbocycles. The maximum absolute atomic E-state index is 8.74. The molecule has 2 aromatic rings. The van der Waals surface area contributed by atoms with Crippen LogP contribution in [0.3, 0.4) is 0 Å². The van der Waals surface area contributed by atoms with Gasteiger partial charge < -0.3 is 0 Å². The van der Waals surface area contributed by atoms with Gasteiger partial charge in [-0.2, -0.15) is 0 Å². The standard InChI is InChI=1S/C19H19ClN4S/c1-10-11(2)25-17-15(10)16(13-4-6-14(20)7-5-13)23-19(8-9-19)18(22)24(17)12(3)21/h4-7,21-22H,8-9H2,1-3H3. The third-order valence-corrected chi connectivity index (χ3v) is 6.42. The van der Waals surface area contributed by atoms with Crippen LogP contribution in [0.15, 0.2) is 29.3 Å². The number of thiophene rings is 1. The van der Waals surface area contributed by atoms with Crippen LogP contribution < -0.4 is 4.90 Å². The minimum Gasteiger partial charge on any atom is -0.288 e. The van der Waals surface area contributed by atoms with Gasteiger partial charge in [-0.05, 0) is 51.3 Å². The fourth-order valence-corrected chi connectivity index (χ4v) is 4.62. The zero-order valence-electron chi connectivity index (χ0n) is 14.4. The first-order valence-corrected chi connectivity index (χ1v) is 9.44. The van der Waals surface area contributed by atoms with E-state index in [4.69, 9.17) is 27.4 Å². The first-order chi connectivity index (χ1) is 11.8. The lowest BCUT2D eigenvalue weighted by Gasteiger charge is -2.24. The number of anilines is 1. The summed E-state index contributed by atoms with van der Waals surface area (Å²) < 4.78 is 0. The number of hydrogen-bond donors (Lipinski definition) is 2. The van der Waals surface area contributed by atoms with Gasteiger partial charge in [0.1, 0.15) is 22.2 Å². The van der Waals surface area contributed by atoms with Crippen LogP contribution in [0.25, 0.3) is 0 Å². The predicted octanol–water partition coefficient (Wildman–Crippen LogP) is 5.18. The highest BCUT2D eigenvalue weighted by Gasteiger charge is 2.52. The van der Waals surface area contributed by atoms with Crippen LogP contribution >= 0.6 is 22.9 Å². The van der Waals surface area contributed by atoms with Gasteiger partial charge in [0, 0.05) is 21.0 Å². The van der Waals surface area contributed by atoms with E-state index in [0.29, 0.717) is 16.7 Å². The number of rotatable bonds is 1. The second-order valence-corrected chi connectivity index (χ2v) is 8.37. The predicted molar refractivity (Wildman–Crippen MR) is 106 cm³/mol. The average Bonchev–Trinajstić information content (AvgIpc) is 3.30. The maximum Gasteiger partial charge on any atom is 0.135 e. The summed E-state index contributed by atoms with van der Waals surface area (Å²) in [5.74, 6) is 0.790. The quantitative estimate of drug-likeness (QED) is 0.527. The molecule has 4 rings (SSSR count). The molecule has 1 aliphatic carbocycles. The van der Waals surface area contributed by atoms with Crippen molar-refractivity contribution in [2.75, 3.05) is 4.90 Å². The van der Waals surface area contributed by atoms with Gasteiger partial charge in [-0.25, -0.2) is 0 Å². The Labute approximate surface area is 156 Å². The summed E-state index contributed by atoms with van der Waals surface area (Å²) >= 11 is 7.70. The van der Waals surface area contributed by atoms with Gasteiger partial charge in [-0.1, -0.05) is 23.7 Å². The van der Waals surface area contributed by atoms with Crippen molar-refractivity contribution < 1.29 is 0 Å². The normalized spacial score (nSPS) is 18.0. The minimum atomic E-state index is -0.490. The molecule has 0 saturated heterocycles. The molecule has 2 aliphatic rings. The van der Waals surface area contributed by atoms with Gasteiger partial charge in [0.25, 0.3) is 0 Å². The summed E-state index contributed by atoms with van der Waals surface area (Å²) in [5.41, 5.74) is 3.65. The van der Waals surface area contributed by atoms with Crippen LogP contribution in [-0.4, -0.2) is 22.9 Å². The smallest absolute Gasteiger partial charge is 0.135 e. The van der Waals surface area contributed by atoms with Gasteiger partial charge in [0.2, 0.25) is 0 Å². The summed E-state index contributed by atoms with van der Waals surface area (Å²) in [6.07, 6.45) is 1.72. The molecular formula is C19H19ClN4S. The van der Waals surface area contributed by atoms with Crippen LogP contribution in [0.4, 0.5) is 5.00 Å². The number of nitrogens with zero attached hydrogens (tertiary/aromatic N) is 2. The Kier molecular flexibility index (Phi) is 3.63. The fraction of sp³-hybridized carbons (Fsp3) is 0.316. The van der Waals surface area contributed by atoms with Crippen molar-refractivity contribution in [2.45, 2.75) is 39.2 Å². The Bertz CT molecular complexity index is 935. The van der Waals surface area contributed by atoms with Crippen LogP contribution in [0.2, 0.25) is 5.02 Å². The van der Waals surface area contributed by atoms with Crippen molar-refractivity contribution in [3.8, 4) is 0 Å². The summed E-state index contributed by atoms with van der Waals surface area (Å²) in [5, 5.41) is 18.6. The first kappa shape index (κ1) is 16.5. The van der Waals surface area contributed by atoms with E-state index >= 15 is 0 Å². The van der Waals surface area contributed by atoms with Crippen molar-refractivity contribution in [3.63, 3.8) is 0 Å². The summed E-state index contributed by atoms with van der Waals surface area (Å²) in [7, 11) is 0. The first-order valence-electron chi connectivity index (χ1n) is 8.24. The zero-order valence-corrected chi connectivity index (χ0v) is 16.0. The lowest BCUT2D eigenvalue weighted by Crippen LogP contribution is -2.41. The molecule has 1 fully saturated rings. The number of aryl methyl sites for hydroxylation is 1. The van der Waals surface area contributed by atoms with Crippen molar-refractivity contribution in [1.29, 1.82) is 10.8 Å². The molecule has 0 amide bonds. The number of nitrogens with one attached hydrogen (secondary N) is 2. The third-order valence-electron chi connectivity index (χ3n) is 4.97. The van der Waals surface area contributed by atoms with E-state index in [2.05, 4.69) is 13.8 Å². The molecule has 1 aromatic heterocycles. The van der Waals surface area contributed by atoms with Crippen LogP contribution in [0, 0.1) is 24.7 Å². The molecule has 2 N–H and O–H groups in total. The minimum absolute atomic E-state index is 0.367. The van der Waals surface area contributed by atoms with E-state index in [1.165, 1.54) is 10.4 Å². The van der Waals surface area contributed by atoms with Gasteiger partial charge in [0.15, 0.2) is 0 Å². The number of amidine groups is 2. The van der Waals surface area contributed by atoms with Crippen molar-refractivity contribution in [3.05, 3.63) is 50.9 Å². The monoisotopic (exact) mass is 370 g/mol. The number of hydrogen-bond acceptors (Lipinski definition) is 4. The highest BCUT2D eigenvalue weighted by atomic mass is 35.5. The lowest BCUT2D eigenvalue weighted by molar-refractivity contribution is 0.888. The van der Waals surface area contributed by atoms with Gasteiger partial charge >= 0.3 is 0 Å². The second kappa shape index (κ2) is 5.51. The topological polar surface area (TPSA) is 63.3 Å². The molecule has 0 unspecified atom stereocenters. The Morgan fingerprint density at radius 2 is 1.88 bits per heavy atom. The summed E-state index contributed by atoms with van der Waals surface area (Å²) in [4.78, 5) is 8.03. The van der Waals surface area contributed by atoms with Crippen molar-refractivity contribution >= 4 is 45.3 Å². The summed E-state index contributed by atoms with van der Waals surface area (Å²) in [6, 6.07) is 7.74. The highest BCUT2D eigenvalue weighted by molar-refractivity contribution is 7.17. The average molecular weight is 371 g/mol. The number of fused-ring (bicyclic) bond motifs is 1. The number of halogens is 1. The van der Waals surface area contributed by atoms with Crippen LogP contribution in [0.1, 0.15) is 41.3 Å². The molecule has 0 bridgehead atoms. The van der Waals surface area contributed by atoms with Gasteiger partial charge in [-0.3, -0.25) is 20.7 Å². The molecule has 4 nitrogen and oxygen atoms in total. The number of aliphatic imine (C=N–C) groups is 1. The Balaban J connectivity index is 2.02. The molecule has 0 radical (unpaired) electrons.